The van der Waals surface area contributed by atoms with Gasteiger partial charge in [-0.25, -0.2) is 18.4 Å². The van der Waals surface area contributed by atoms with Crippen LogP contribution in [0.3, 0.4) is 0 Å². The van der Waals surface area contributed by atoms with Crippen molar-refractivity contribution < 1.29 is 41.0 Å². The van der Waals surface area contributed by atoms with Gasteiger partial charge >= 0.3 is 6.18 Å². The molecule has 11 nitrogen and oxygen atoms in total. The molecule has 4 rings (SSSR count). The van der Waals surface area contributed by atoms with E-state index in [0.29, 0.717) is 12.8 Å². The topological polar surface area (TPSA) is 153 Å². The Balaban J connectivity index is 1.75. The van der Waals surface area contributed by atoms with Crippen LogP contribution in [0.5, 0.6) is 17.6 Å². The molecule has 0 radical (unpaired) electrons. The molecule has 0 saturated heterocycles. The summed E-state index contributed by atoms with van der Waals surface area (Å²) in [6, 6.07) is 5.17. The van der Waals surface area contributed by atoms with E-state index in [4.69, 9.17) is 9.47 Å². The van der Waals surface area contributed by atoms with Crippen molar-refractivity contribution in [1.29, 1.82) is 0 Å². The average Bonchev–Trinajstić information content (AvgIpc) is 3.56. The second-order valence-electron chi connectivity index (χ2n) is 8.31. The molecule has 1 saturated carbocycles. The minimum Gasteiger partial charge on any atom is -0.477 e. The molecule has 1 amide bonds. The molecule has 0 atom stereocenters. The molecule has 0 unspecified atom stereocenters. The van der Waals surface area contributed by atoms with E-state index < -0.39 is 50.2 Å². The zero-order chi connectivity index (χ0) is 27.2. The fraction of sp³-hybridized carbons (Fsp3) is 0.318. The van der Waals surface area contributed by atoms with Gasteiger partial charge in [-0.2, -0.15) is 13.2 Å². The second kappa shape index (κ2) is 9.23. The van der Waals surface area contributed by atoms with E-state index in [1.54, 1.807) is 0 Å². The van der Waals surface area contributed by atoms with Crippen LogP contribution in [-0.4, -0.2) is 53.0 Å². The number of halogens is 3. The lowest BCUT2D eigenvalue weighted by atomic mass is 10.1. The maximum absolute atomic E-state index is 13.5. The van der Waals surface area contributed by atoms with E-state index >= 15 is 0 Å². The molecule has 2 aromatic heterocycles. The van der Waals surface area contributed by atoms with Gasteiger partial charge < -0.3 is 19.9 Å². The molecule has 1 aliphatic carbocycles. The third-order valence-electron chi connectivity index (χ3n) is 5.50. The van der Waals surface area contributed by atoms with Crippen molar-refractivity contribution >= 4 is 21.4 Å². The van der Waals surface area contributed by atoms with Crippen molar-refractivity contribution in [3.05, 3.63) is 53.0 Å². The molecule has 1 aliphatic rings. The number of amides is 1. The number of hydrogen-bond acceptors (Lipinski definition) is 10. The minimum atomic E-state index is -4.93. The molecule has 15 heteroatoms. The highest BCUT2D eigenvalue weighted by molar-refractivity contribution is 7.90. The van der Waals surface area contributed by atoms with Crippen LogP contribution >= 0.6 is 0 Å². The third kappa shape index (κ3) is 5.46. The van der Waals surface area contributed by atoms with Crippen molar-refractivity contribution in [2.75, 3.05) is 18.7 Å². The molecule has 1 fully saturated rings. The van der Waals surface area contributed by atoms with Crippen LogP contribution in [0.15, 0.2) is 35.4 Å². The van der Waals surface area contributed by atoms with Crippen molar-refractivity contribution in [2.45, 2.75) is 36.4 Å². The van der Waals surface area contributed by atoms with Crippen LogP contribution in [0.25, 0.3) is 0 Å². The number of hydrogen-bond donors (Lipinski definition) is 2. The predicted octanol–water partition coefficient (Wildman–Crippen LogP) is 3.03. The lowest BCUT2D eigenvalue weighted by Gasteiger charge is -2.16. The van der Waals surface area contributed by atoms with Crippen LogP contribution in [0.1, 0.15) is 40.2 Å². The smallest absolute Gasteiger partial charge is 0.435 e. The summed E-state index contributed by atoms with van der Waals surface area (Å²) in [6.07, 6.45) is -1.81. The van der Waals surface area contributed by atoms with Crippen molar-refractivity contribution in [3.63, 3.8) is 0 Å². The van der Waals surface area contributed by atoms with Crippen LogP contribution in [0.4, 0.5) is 18.9 Å². The number of benzene rings is 1. The number of aromatic nitrogens is 4. The normalized spacial score (nSPS) is 14.7. The molecule has 0 aliphatic heterocycles. The number of aliphatic hydroxyl groups is 1. The van der Waals surface area contributed by atoms with Gasteiger partial charge in [-0.15, -0.1) is 10.2 Å². The predicted molar refractivity (Wildman–Crippen MR) is 121 cm³/mol. The van der Waals surface area contributed by atoms with Crippen LogP contribution in [0, 0.1) is 6.92 Å². The first-order valence-corrected chi connectivity index (χ1v) is 12.5. The Hall–Kier alpha value is -3.85. The van der Waals surface area contributed by atoms with Gasteiger partial charge in [-0.3, -0.25) is 4.79 Å². The maximum atomic E-state index is 13.5. The fourth-order valence-electron chi connectivity index (χ4n) is 3.36. The Bertz CT molecular complexity index is 1490. The van der Waals surface area contributed by atoms with E-state index in [1.807, 2.05) is 0 Å². The minimum absolute atomic E-state index is 0.00282. The fourth-order valence-corrected chi connectivity index (χ4v) is 4.03. The number of ether oxygens (including phenoxy) is 2. The monoisotopic (exact) mass is 539 g/mol. The number of carbonyl (C=O) groups excluding carboxylic acids is 1. The molecular formula is C22H20F3N5O6S. The van der Waals surface area contributed by atoms with Gasteiger partial charge in [0.1, 0.15) is 11.2 Å². The van der Waals surface area contributed by atoms with E-state index in [2.05, 4.69) is 25.5 Å². The molecule has 2 N–H and O–H groups in total. The number of alkyl halides is 3. The standard InChI is InChI=1S/C22H20F3N5O6S/c1-11-15(17(31)27-12-5-4-6-13(9-12)37(3,33)34)18(30-29-16(11)22(23,24)25)36-19-20(35-2)28-14(10-26-19)21(32)7-8-21/h4-6,9-10,32H,7-8H2,1-3H3,(H,27,31). The highest BCUT2D eigenvalue weighted by Gasteiger charge is 2.44. The van der Waals surface area contributed by atoms with Crippen molar-refractivity contribution in [2.24, 2.45) is 0 Å². The van der Waals surface area contributed by atoms with E-state index in [0.717, 1.165) is 19.2 Å². The molecule has 0 spiro atoms. The van der Waals surface area contributed by atoms with Gasteiger partial charge in [-0.05, 0) is 43.5 Å². The number of anilines is 1. The lowest BCUT2D eigenvalue weighted by Crippen LogP contribution is -2.21. The maximum Gasteiger partial charge on any atom is 0.435 e. The third-order valence-corrected chi connectivity index (χ3v) is 6.61. The number of carbonyl (C=O) groups is 1. The summed E-state index contributed by atoms with van der Waals surface area (Å²) >= 11 is 0. The first kappa shape index (κ1) is 26.2. The highest BCUT2D eigenvalue weighted by Crippen LogP contribution is 2.45. The Morgan fingerprint density at radius 3 is 2.46 bits per heavy atom. The van der Waals surface area contributed by atoms with E-state index in [9.17, 15) is 31.5 Å². The van der Waals surface area contributed by atoms with Gasteiger partial charge in [0.15, 0.2) is 15.5 Å². The molecule has 196 valence electrons. The summed E-state index contributed by atoms with van der Waals surface area (Å²) < 4.78 is 74.9. The zero-order valence-corrected chi connectivity index (χ0v) is 20.4. The molecule has 0 bridgehead atoms. The van der Waals surface area contributed by atoms with Crippen molar-refractivity contribution in [3.8, 4) is 17.6 Å². The molecule has 3 aromatic rings. The first-order valence-electron chi connectivity index (χ1n) is 10.6. The number of nitrogens with zero attached hydrogens (tertiary/aromatic N) is 4. The Kier molecular flexibility index (Phi) is 6.54. The molecular weight excluding hydrogens is 519 g/mol. The largest absolute Gasteiger partial charge is 0.477 e. The number of rotatable bonds is 7. The average molecular weight is 539 g/mol. The molecule has 2 heterocycles. The number of methoxy groups -OCH3 is 1. The van der Waals surface area contributed by atoms with Crippen LogP contribution in [-0.2, 0) is 21.6 Å². The summed E-state index contributed by atoms with van der Waals surface area (Å²) in [4.78, 5) is 21.2. The summed E-state index contributed by atoms with van der Waals surface area (Å²) in [5.41, 5.74) is -3.56. The Morgan fingerprint density at radius 2 is 1.86 bits per heavy atom. The summed E-state index contributed by atoms with van der Waals surface area (Å²) in [7, 11) is -2.38. The summed E-state index contributed by atoms with van der Waals surface area (Å²) in [5.74, 6) is -2.25. The van der Waals surface area contributed by atoms with Crippen LogP contribution in [0.2, 0.25) is 0 Å². The van der Waals surface area contributed by atoms with E-state index in [-0.39, 0.29) is 28.0 Å². The molecule has 37 heavy (non-hydrogen) atoms. The zero-order valence-electron chi connectivity index (χ0n) is 19.6. The van der Waals surface area contributed by atoms with Gasteiger partial charge in [0, 0.05) is 11.9 Å². The lowest BCUT2D eigenvalue weighted by molar-refractivity contribution is -0.142. The quantitative estimate of drug-likeness (QED) is 0.458. The van der Waals surface area contributed by atoms with Crippen molar-refractivity contribution in [1.82, 2.24) is 20.2 Å². The Morgan fingerprint density at radius 1 is 1.16 bits per heavy atom. The highest BCUT2D eigenvalue weighted by atomic mass is 32.2. The summed E-state index contributed by atoms with van der Waals surface area (Å²) in [5, 5.41) is 19.2. The van der Waals surface area contributed by atoms with Gasteiger partial charge in [0.2, 0.25) is 0 Å². The van der Waals surface area contributed by atoms with Gasteiger partial charge in [0.05, 0.1) is 23.9 Å². The molecule has 1 aromatic carbocycles. The van der Waals surface area contributed by atoms with Crippen LogP contribution < -0.4 is 14.8 Å². The SMILES string of the molecule is COc1nc(C2(O)CC2)cnc1Oc1nnc(C(F)(F)F)c(C)c1C(=O)Nc1cccc(S(C)(=O)=O)c1. The first-order chi connectivity index (χ1) is 17.2. The summed E-state index contributed by atoms with van der Waals surface area (Å²) in [6.45, 7) is 1.01. The Labute approximate surface area is 208 Å². The number of nitrogens with one attached hydrogen (secondary N) is 1. The van der Waals surface area contributed by atoms with Gasteiger partial charge in [0.25, 0.3) is 23.5 Å². The van der Waals surface area contributed by atoms with Gasteiger partial charge in [-0.1, -0.05) is 6.07 Å². The number of sulfone groups is 1. The second-order valence-corrected chi connectivity index (χ2v) is 10.3. The van der Waals surface area contributed by atoms with E-state index in [1.165, 1.54) is 31.5 Å².